The van der Waals surface area contributed by atoms with Gasteiger partial charge in [-0.1, -0.05) is 11.6 Å². The average molecular weight is 269 g/mol. The van der Waals surface area contributed by atoms with Gasteiger partial charge in [0.25, 0.3) is 0 Å². The Bertz CT molecular complexity index is 400. The number of piperidine rings is 1. The smallest absolute Gasteiger partial charge is 0.305 e. The summed E-state index contributed by atoms with van der Waals surface area (Å²) in [6.07, 6.45) is 4.35. The first-order valence-corrected chi connectivity index (χ1v) is 6.50. The lowest BCUT2D eigenvalue weighted by atomic mass is 9.93. The molecular weight excluding hydrogens is 252 g/mol. The van der Waals surface area contributed by atoms with Crippen LogP contribution >= 0.6 is 11.6 Å². The Labute approximate surface area is 112 Å². The first-order valence-electron chi connectivity index (χ1n) is 6.12. The van der Waals surface area contributed by atoms with Crippen LogP contribution in [-0.4, -0.2) is 31.2 Å². The Morgan fingerprint density at radius 1 is 1.50 bits per heavy atom. The van der Waals surface area contributed by atoms with Gasteiger partial charge in [-0.05, 0) is 30.9 Å². The van der Waals surface area contributed by atoms with E-state index in [4.69, 9.17) is 16.3 Å². The monoisotopic (exact) mass is 268 g/mol. The minimum atomic E-state index is -0.110. The van der Waals surface area contributed by atoms with Crippen LogP contribution in [0.5, 0.6) is 0 Å². The van der Waals surface area contributed by atoms with Gasteiger partial charge in [-0.15, -0.1) is 0 Å². The van der Waals surface area contributed by atoms with Gasteiger partial charge >= 0.3 is 5.97 Å². The van der Waals surface area contributed by atoms with Crippen LogP contribution in [0, 0.1) is 5.92 Å². The maximum Gasteiger partial charge on any atom is 0.305 e. The molecule has 4 nitrogen and oxygen atoms in total. The molecule has 0 saturated carbocycles. The topological polar surface area (TPSA) is 42.4 Å². The number of anilines is 1. The predicted molar refractivity (Wildman–Crippen MR) is 70.8 cm³/mol. The van der Waals surface area contributed by atoms with Crippen LogP contribution in [0.2, 0.25) is 5.15 Å². The van der Waals surface area contributed by atoms with Crippen molar-refractivity contribution in [3.8, 4) is 0 Å². The first-order chi connectivity index (χ1) is 8.69. The van der Waals surface area contributed by atoms with Crippen molar-refractivity contribution in [3.63, 3.8) is 0 Å². The van der Waals surface area contributed by atoms with E-state index in [9.17, 15) is 4.79 Å². The molecule has 1 aliphatic rings. The summed E-state index contributed by atoms with van der Waals surface area (Å²) < 4.78 is 4.70. The molecule has 1 aliphatic heterocycles. The number of aromatic nitrogens is 1. The van der Waals surface area contributed by atoms with Crippen LogP contribution in [0.4, 0.5) is 5.69 Å². The molecule has 1 aromatic rings. The molecule has 0 N–H and O–H groups in total. The van der Waals surface area contributed by atoms with Gasteiger partial charge in [-0.2, -0.15) is 0 Å². The zero-order valence-corrected chi connectivity index (χ0v) is 11.2. The van der Waals surface area contributed by atoms with Crippen molar-refractivity contribution in [2.75, 3.05) is 25.1 Å². The minimum Gasteiger partial charge on any atom is -0.469 e. The average Bonchev–Trinajstić information content (AvgIpc) is 2.40. The molecule has 0 aliphatic carbocycles. The third-order valence-corrected chi connectivity index (χ3v) is 3.60. The summed E-state index contributed by atoms with van der Waals surface area (Å²) in [5.74, 6) is 0.329. The highest BCUT2D eigenvalue weighted by molar-refractivity contribution is 6.29. The summed E-state index contributed by atoms with van der Waals surface area (Å²) in [5.41, 5.74) is 1.09. The van der Waals surface area contributed by atoms with Gasteiger partial charge in [-0.3, -0.25) is 4.79 Å². The highest BCUT2D eigenvalue weighted by Gasteiger charge is 2.22. The molecule has 98 valence electrons. The molecular formula is C13H17ClN2O2. The number of nitrogens with zero attached hydrogens (tertiary/aromatic N) is 2. The molecule has 0 aromatic carbocycles. The van der Waals surface area contributed by atoms with Crippen molar-refractivity contribution in [2.24, 2.45) is 5.92 Å². The van der Waals surface area contributed by atoms with Crippen LogP contribution in [0.15, 0.2) is 18.3 Å². The SMILES string of the molecule is COC(=O)CC1CCN(c2ccc(Cl)nc2)CC1. The first kappa shape index (κ1) is 13.1. The van der Waals surface area contributed by atoms with E-state index in [1.54, 1.807) is 12.3 Å². The zero-order chi connectivity index (χ0) is 13.0. The highest BCUT2D eigenvalue weighted by Crippen LogP contribution is 2.25. The van der Waals surface area contributed by atoms with Gasteiger partial charge in [0, 0.05) is 19.5 Å². The summed E-state index contributed by atoms with van der Waals surface area (Å²) in [4.78, 5) is 17.6. The molecule has 0 radical (unpaired) electrons. The molecule has 0 bridgehead atoms. The van der Waals surface area contributed by atoms with E-state index in [0.29, 0.717) is 17.5 Å². The summed E-state index contributed by atoms with van der Waals surface area (Å²) in [6, 6.07) is 3.79. The second kappa shape index (κ2) is 6.05. The van der Waals surface area contributed by atoms with Gasteiger partial charge in [-0.25, -0.2) is 4.98 Å². The van der Waals surface area contributed by atoms with Gasteiger partial charge in [0.15, 0.2) is 0 Å². The van der Waals surface area contributed by atoms with E-state index >= 15 is 0 Å². The molecule has 1 fully saturated rings. The third-order valence-electron chi connectivity index (χ3n) is 3.37. The molecule has 18 heavy (non-hydrogen) atoms. The lowest BCUT2D eigenvalue weighted by Crippen LogP contribution is -2.34. The van der Waals surface area contributed by atoms with Crippen LogP contribution in [-0.2, 0) is 9.53 Å². The molecule has 1 saturated heterocycles. The fourth-order valence-corrected chi connectivity index (χ4v) is 2.38. The van der Waals surface area contributed by atoms with Crippen molar-refractivity contribution in [1.82, 2.24) is 4.98 Å². The number of rotatable bonds is 3. The fraction of sp³-hybridized carbons (Fsp3) is 0.538. The summed E-state index contributed by atoms with van der Waals surface area (Å²) in [5, 5.41) is 0.513. The van der Waals surface area contributed by atoms with Gasteiger partial charge in [0.2, 0.25) is 0 Å². The molecule has 0 spiro atoms. The van der Waals surface area contributed by atoms with E-state index in [0.717, 1.165) is 31.6 Å². The third kappa shape index (κ3) is 3.35. The van der Waals surface area contributed by atoms with Gasteiger partial charge in [0.1, 0.15) is 5.15 Å². The Morgan fingerprint density at radius 2 is 2.22 bits per heavy atom. The fourth-order valence-electron chi connectivity index (χ4n) is 2.27. The summed E-state index contributed by atoms with van der Waals surface area (Å²) in [7, 11) is 1.44. The number of hydrogen-bond donors (Lipinski definition) is 0. The number of ether oxygens (including phenoxy) is 1. The van der Waals surface area contributed by atoms with Gasteiger partial charge in [0.05, 0.1) is 19.0 Å². The number of carbonyl (C=O) groups is 1. The van der Waals surface area contributed by atoms with Crippen LogP contribution in [0.1, 0.15) is 19.3 Å². The quantitative estimate of drug-likeness (QED) is 0.624. The normalized spacial score (nSPS) is 16.7. The van der Waals surface area contributed by atoms with Crippen molar-refractivity contribution >= 4 is 23.3 Å². The lowest BCUT2D eigenvalue weighted by molar-refractivity contribution is -0.141. The maximum atomic E-state index is 11.2. The number of halogens is 1. The maximum absolute atomic E-state index is 11.2. The van der Waals surface area contributed by atoms with Crippen LogP contribution < -0.4 is 4.90 Å². The summed E-state index contributed by atoms with van der Waals surface area (Å²) in [6.45, 7) is 1.90. The minimum absolute atomic E-state index is 0.110. The molecule has 0 amide bonds. The van der Waals surface area contributed by atoms with E-state index in [2.05, 4.69) is 9.88 Å². The molecule has 0 unspecified atom stereocenters. The van der Waals surface area contributed by atoms with Crippen LogP contribution in [0.3, 0.4) is 0 Å². The number of methoxy groups -OCH3 is 1. The Kier molecular flexibility index (Phi) is 4.42. The summed E-state index contributed by atoms with van der Waals surface area (Å²) >= 11 is 5.77. The van der Waals surface area contributed by atoms with Crippen molar-refractivity contribution < 1.29 is 9.53 Å². The highest BCUT2D eigenvalue weighted by atomic mass is 35.5. The number of hydrogen-bond acceptors (Lipinski definition) is 4. The lowest BCUT2D eigenvalue weighted by Gasteiger charge is -2.32. The zero-order valence-electron chi connectivity index (χ0n) is 10.4. The Balaban J connectivity index is 1.86. The van der Waals surface area contributed by atoms with E-state index in [1.807, 2.05) is 6.07 Å². The number of pyridine rings is 1. The van der Waals surface area contributed by atoms with E-state index < -0.39 is 0 Å². The predicted octanol–water partition coefficient (Wildman–Crippen LogP) is 2.51. The molecule has 2 heterocycles. The Morgan fingerprint density at radius 3 is 2.78 bits per heavy atom. The van der Waals surface area contributed by atoms with Gasteiger partial charge < -0.3 is 9.64 Å². The second-order valence-corrected chi connectivity index (χ2v) is 4.94. The standard InChI is InChI=1S/C13H17ClN2O2/c1-18-13(17)8-10-4-6-16(7-5-10)11-2-3-12(14)15-9-11/h2-3,9-10H,4-8H2,1H3. The number of carbonyl (C=O) groups excluding carboxylic acids is 1. The Hall–Kier alpha value is -1.29. The largest absolute Gasteiger partial charge is 0.469 e. The molecule has 5 heteroatoms. The van der Waals surface area contributed by atoms with E-state index in [1.165, 1.54) is 7.11 Å². The van der Waals surface area contributed by atoms with Crippen molar-refractivity contribution in [3.05, 3.63) is 23.5 Å². The van der Waals surface area contributed by atoms with E-state index in [-0.39, 0.29) is 5.97 Å². The number of esters is 1. The van der Waals surface area contributed by atoms with Crippen molar-refractivity contribution in [1.29, 1.82) is 0 Å². The van der Waals surface area contributed by atoms with Crippen molar-refractivity contribution in [2.45, 2.75) is 19.3 Å². The second-order valence-electron chi connectivity index (χ2n) is 4.55. The molecule has 1 aromatic heterocycles. The molecule has 2 rings (SSSR count). The molecule has 0 atom stereocenters. The van der Waals surface area contributed by atoms with Crippen LogP contribution in [0.25, 0.3) is 0 Å².